The van der Waals surface area contributed by atoms with Crippen LogP contribution in [0.5, 0.6) is 5.75 Å². The molecule has 8 nitrogen and oxygen atoms in total. The number of benzene rings is 1. The maximum absolute atomic E-state index is 12.0. The van der Waals surface area contributed by atoms with Gasteiger partial charge in [-0.25, -0.2) is 4.99 Å². The van der Waals surface area contributed by atoms with Gasteiger partial charge in [0.1, 0.15) is 11.4 Å². The standard InChI is InChI=1S/C13H18N6O2/c1-21-10-5-2-7(11(20)17-8-3-4-8)6-9(10)18-13(16)19-12(14)15/h2,5-6,8H,3-4H2,1H3,(H,17,20)(H6,14,15,16,18,19). The van der Waals surface area contributed by atoms with Crippen molar-refractivity contribution in [3.8, 4) is 5.75 Å². The van der Waals surface area contributed by atoms with Crippen molar-refractivity contribution in [2.75, 3.05) is 7.11 Å². The Labute approximate surface area is 122 Å². The molecule has 1 saturated carbocycles. The van der Waals surface area contributed by atoms with Gasteiger partial charge in [0.2, 0.25) is 5.96 Å². The van der Waals surface area contributed by atoms with E-state index in [9.17, 15) is 4.79 Å². The number of amides is 1. The smallest absolute Gasteiger partial charge is 0.251 e. The highest BCUT2D eigenvalue weighted by Crippen LogP contribution is 2.29. The number of nitrogens with one attached hydrogen (secondary N) is 1. The van der Waals surface area contributed by atoms with Crippen LogP contribution in [0.4, 0.5) is 5.69 Å². The third-order valence-corrected chi connectivity index (χ3v) is 2.83. The van der Waals surface area contributed by atoms with Gasteiger partial charge in [-0.05, 0) is 31.0 Å². The van der Waals surface area contributed by atoms with Crippen molar-refractivity contribution in [2.24, 2.45) is 27.2 Å². The molecule has 0 saturated heterocycles. The Bertz CT molecular complexity index is 603. The molecule has 0 unspecified atom stereocenters. The maximum atomic E-state index is 12.0. The van der Waals surface area contributed by atoms with Crippen molar-refractivity contribution >= 4 is 23.5 Å². The average Bonchev–Trinajstić information content (AvgIpc) is 3.21. The van der Waals surface area contributed by atoms with Crippen LogP contribution in [0.15, 0.2) is 28.2 Å². The van der Waals surface area contributed by atoms with Crippen LogP contribution in [0.25, 0.3) is 0 Å². The zero-order valence-corrected chi connectivity index (χ0v) is 11.7. The predicted octanol–water partition coefficient (Wildman–Crippen LogP) is -0.193. The molecule has 1 aromatic carbocycles. The van der Waals surface area contributed by atoms with Crippen LogP contribution < -0.4 is 27.3 Å². The van der Waals surface area contributed by atoms with E-state index in [2.05, 4.69) is 15.3 Å². The predicted molar refractivity (Wildman–Crippen MR) is 80.6 cm³/mol. The molecule has 7 N–H and O–H groups in total. The van der Waals surface area contributed by atoms with Gasteiger partial charge in [0.25, 0.3) is 5.91 Å². The molecule has 21 heavy (non-hydrogen) atoms. The minimum absolute atomic E-state index is 0.118. The zero-order valence-electron chi connectivity index (χ0n) is 11.7. The topological polar surface area (TPSA) is 141 Å². The van der Waals surface area contributed by atoms with Crippen LogP contribution >= 0.6 is 0 Å². The summed E-state index contributed by atoms with van der Waals surface area (Å²) in [6, 6.07) is 5.15. The molecule has 2 rings (SSSR count). The van der Waals surface area contributed by atoms with E-state index in [1.165, 1.54) is 7.11 Å². The van der Waals surface area contributed by atoms with Gasteiger partial charge in [0, 0.05) is 11.6 Å². The van der Waals surface area contributed by atoms with E-state index in [0.717, 1.165) is 12.8 Å². The second kappa shape index (κ2) is 6.12. The minimum atomic E-state index is -0.196. The normalized spacial score (nSPS) is 14.4. The highest BCUT2D eigenvalue weighted by Gasteiger charge is 2.24. The monoisotopic (exact) mass is 290 g/mol. The van der Waals surface area contributed by atoms with E-state index < -0.39 is 0 Å². The SMILES string of the molecule is COc1ccc(C(=O)NC2CC2)cc1N=C(N)N=C(N)N. The molecule has 1 aliphatic carbocycles. The Morgan fingerprint density at radius 2 is 2.05 bits per heavy atom. The maximum Gasteiger partial charge on any atom is 0.251 e. The van der Waals surface area contributed by atoms with Crippen LogP contribution in [-0.2, 0) is 0 Å². The molecule has 112 valence electrons. The number of carbonyl (C=O) groups excluding carboxylic acids is 1. The number of nitrogens with zero attached hydrogens (tertiary/aromatic N) is 2. The summed E-state index contributed by atoms with van der Waals surface area (Å²) in [5, 5.41) is 2.89. The lowest BCUT2D eigenvalue weighted by atomic mass is 10.1. The number of carbonyl (C=O) groups is 1. The first-order chi connectivity index (χ1) is 9.99. The molecule has 0 heterocycles. The minimum Gasteiger partial charge on any atom is -0.494 e. The number of methoxy groups -OCH3 is 1. The van der Waals surface area contributed by atoms with Crippen molar-refractivity contribution in [2.45, 2.75) is 18.9 Å². The van der Waals surface area contributed by atoms with E-state index in [4.69, 9.17) is 21.9 Å². The molecule has 0 aliphatic heterocycles. The first kappa shape index (κ1) is 14.6. The van der Waals surface area contributed by atoms with Gasteiger partial charge in [0.05, 0.1) is 7.11 Å². The summed E-state index contributed by atoms with van der Waals surface area (Å²) in [5.41, 5.74) is 16.9. The molecule has 0 bridgehead atoms. The first-order valence-corrected chi connectivity index (χ1v) is 6.42. The second-order valence-electron chi connectivity index (χ2n) is 4.64. The Morgan fingerprint density at radius 1 is 1.33 bits per heavy atom. The fourth-order valence-corrected chi connectivity index (χ4v) is 1.70. The summed E-state index contributed by atoms with van der Waals surface area (Å²) in [7, 11) is 1.50. The Kier molecular flexibility index (Phi) is 4.27. The molecule has 1 aliphatic rings. The number of nitrogens with two attached hydrogens (primary N) is 3. The van der Waals surface area contributed by atoms with Gasteiger partial charge in [-0.15, -0.1) is 0 Å². The number of hydrogen-bond donors (Lipinski definition) is 4. The van der Waals surface area contributed by atoms with Crippen LogP contribution in [0.2, 0.25) is 0 Å². The summed E-state index contributed by atoms with van der Waals surface area (Å²) in [6.07, 6.45) is 2.04. The van der Waals surface area contributed by atoms with E-state index in [0.29, 0.717) is 17.0 Å². The number of aliphatic imine (C=N–C) groups is 2. The molecule has 0 spiro atoms. The van der Waals surface area contributed by atoms with E-state index in [1.54, 1.807) is 18.2 Å². The van der Waals surface area contributed by atoms with E-state index in [1.807, 2.05) is 0 Å². The van der Waals surface area contributed by atoms with Crippen LogP contribution in [0.3, 0.4) is 0 Å². The molecular weight excluding hydrogens is 272 g/mol. The third kappa shape index (κ3) is 4.10. The van der Waals surface area contributed by atoms with E-state index >= 15 is 0 Å². The highest BCUT2D eigenvalue weighted by atomic mass is 16.5. The molecule has 1 aromatic rings. The van der Waals surface area contributed by atoms with Gasteiger partial charge in [-0.2, -0.15) is 4.99 Å². The lowest BCUT2D eigenvalue weighted by Gasteiger charge is -2.08. The van der Waals surface area contributed by atoms with Gasteiger partial charge in [-0.1, -0.05) is 0 Å². The Morgan fingerprint density at radius 3 is 2.62 bits per heavy atom. The lowest BCUT2D eigenvalue weighted by molar-refractivity contribution is 0.0951. The average molecular weight is 290 g/mol. The summed E-state index contributed by atoms with van der Waals surface area (Å²) in [6.45, 7) is 0. The molecule has 0 atom stereocenters. The fourth-order valence-electron chi connectivity index (χ4n) is 1.70. The van der Waals surface area contributed by atoms with Crippen LogP contribution in [0, 0.1) is 0 Å². The Hall–Kier alpha value is -2.77. The molecule has 1 amide bonds. The molecule has 1 fully saturated rings. The van der Waals surface area contributed by atoms with Crippen molar-refractivity contribution < 1.29 is 9.53 Å². The number of ether oxygens (including phenoxy) is 1. The fraction of sp³-hybridized carbons (Fsp3) is 0.308. The molecular formula is C13H18N6O2. The molecule has 8 heteroatoms. The third-order valence-electron chi connectivity index (χ3n) is 2.83. The largest absolute Gasteiger partial charge is 0.494 e. The van der Waals surface area contributed by atoms with Crippen LogP contribution in [-0.4, -0.2) is 31.0 Å². The summed E-state index contributed by atoms with van der Waals surface area (Å²) in [5.74, 6) is -0.00497. The van der Waals surface area contributed by atoms with Gasteiger partial charge in [-0.3, -0.25) is 4.79 Å². The van der Waals surface area contributed by atoms with Crippen LogP contribution in [0.1, 0.15) is 23.2 Å². The van der Waals surface area contributed by atoms with Gasteiger partial charge in [0.15, 0.2) is 5.96 Å². The molecule has 0 radical (unpaired) electrons. The van der Waals surface area contributed by atoms with Crippen molar-refractivity contribution in [1.82, 2.24) is 5.32 Å². The highest BCUT2D eigenvalue weighted by molar-refractivity contribution is 5.97. The van der Waals surface area contributed by atoms with Crippen molar-refractivity contribution in [3.63, 3.8) is 0 Å². The van der Waals surface area contributed by atoms with Gasteiger partial charge < -0.3 is 27.3 Å². The van der Waals surface area contributed by atoms with Crippen molar-refractivity contribution in [3.05, 3.63) is 23.8 Å². The van der Waals surface area contributed by atoms with Gasteiger partial charge >= 0.3 is 0 Å². The molecule has 0 aromatic heterocycles. The summed E-state index contributed by atoms with van der Waals surface area (Å²) in [4.78, 5) is 19.7. The number of guanidine groups is 2. The lowest BCUT2D eigenvalue weighted by Crippen LogP contribution is -2.26. The quantitative estimate of drug-likeness (QED) is 0.449. The second-order valence-corrected chi connectivity index (χ2v) is 4.64. The first-order valence-electron chi connectivity index (χ1n) is 6.42. The Balaban J connectivity index is 2.28. The van der Waals surface area contributed by atoms with E-state index in [-0.39, 0.29) is 23.9 Å². The van der Waals surface area contributed by atoms with Crippen molar-refractivity contribution in [1.29, 1.82) is 0 Å². The summed E-state index contributed by atoms with van der Waals surface area (Å²) >= 11 is 0. The zero-order chi connectivity index (χ0) is 15.4. The summed E-state index contributed by atoms with van der Waals surface area (Å²) < 4.78 is 5.17. The number of hydrogen-bond acceptors (Lipinski definition) is 3. The number of rotatable bonds is 4.